The van der Waals surface area contributed by atoms with E-state index in [1.807, 2.05) is 13.8 Å². The normalized spacial score (nSPS) is 56.7. The van der Waals surface area contributed by atoms with Crippen molar-refractivity contribution in [3.05, 3.63) is 0 Å². The lowest BCUT2D eigenvalue weighted by molar-refractivity contribution is -0.156. The summed E-state index contributed by atoms with van der Waals surface area (Å²) in [5, 5.41) is 0. The van der Waals surface area contributed by atoms with E-state index in [-0.39, 0.29) is 11.4 Å². The van der Waals surface area contributed by atoms with E-state index in [0.717, 1.165) is 53.8 Å². The highest BCUT2D eigenvalue weighted by atomic mass is 16.6. The lowest BCUT2D eigenvalue weighted by Crippen LogP contribution is -2.41. The Kier molecular flexibility index (Phi) is 2.99. The molecule has 5 aliphatic carbocycles. The molecule has 138 valence electrons. The smallest absolute Gasteiger partial charge is 0.311 e. The maximum absolute atomic E-state index is 12.4. The summed E-state index contributed by atoms with van der Waals surface area (Å²) in [6.45, 7) is 6.77. The van der Waals surface area contributed by atoms with Crippen LogP contribution in [0.25, 0.3) is 0 Å². The first kappa shape index (κ1) is 15.5. The summed E-state index contributed by atoms with van der Waals surface area (Å²) in [4.78, 5) is 12.4. The molecule has 5 saturated carbocycles. The van der Waals surface area contributed by atoms with E-state index >= 15 is 0 Å². The van der Waals surface area contributed by atoms with Crippen LogP contribution in [0.15, 0.2) is 0 Å². The second kappa shape index (κ2) is 4.82. The van der Waals surface area contributed by atoms with Crippen molar-refractivity contribution in [2.75, 3.05) is 6.61 Å². The number of esters is 1. The predicted octanol–water partition coefficient (Wildman–Crippen LogP) is 3.91. The van der Waals surface area contributed by atoms with Gasteiger partial charge < -0.3 is 9.47 Å². The van der Waals surface area contributed by atoms with Gasteiger partial charge in [-0.25, -0.2) is 0 Å². The van der Waals surface area contributed by atoms with Crippen LogP contribution in [0.3, 0.4) is 0 Å². The molecule has 4 bridgehead atoms. The van der Waals surface area contributed by atoms with Gasteiger partial charge in [0.25, 0.3) is 0 Å². The van der Waals surface area contributed by atoms with Gasteiger partial charge in [0.05, 0.1) is 24.2 Å². The molecule has 11 unspecified atom stereocenters. The molecule has 0 amide bonds. The Morgan fingerprint density at radius 3 is 2.60 bits per heavy atom. The van der Waals surface area contributed by atoms with Crippen molar-refractivity contribution in [2.24, 2.45) is 58.7 Å². The number of hydrogen-bond acceptors (Lipinski definition) is 3. The molecule has 0 N–H and O–H groups in total. The van der Waals surface area contributed by atoms with Gasteiger partial charge in [0, 0.05) is 0 Å². The van der Waals surface area contributed by atoms with Crippen LogP contribution in [0.1, 0.15) is 52.9 Å². The molecule has 1 aliphatic heterocycles. The van der Waals surface area contributed by atoms with Crippen LogP contribution in [0.2, 0.25) is 0 Å². The van der Waals surface area contributed by atoms with E-state index in [2.05, 4.69) is 6.92 Å². The first-order valence-electron chi connectivity index (χ1n) is 10.8. The number of rotatable bonds is 4. The highest BCUT2D eigenvalue weighted by molar-refractivity contribution is 5.75. The SMILES string of the molecule is CCC(C)(C)C(=O)OCC1CC2CC1C1C3CC(C4CC5OC5C43)C21. The number of epoxide rings is 1. The highest BCUT2D eigenvalue weighted by Gasteiger charge is 2.73. The van der Waals surface area contributed by atoms with E-state index in [1.165, 1.54) is 25.7 Å². The molecule has 6 rings (SSSR count). The molecule has 6 aliphatic rings. The number of carbonyl (C=O) groups is 1. The summed E-state index contributed by atoms with van der Waals surface area (Å²) in [6.07, 6.45) is 7.77. The van der Waals surface area contributed by atoms with E-state index < -0.39 is 0 Å². The van der Waals surface area contributed by atoms with Crippen LogP contribution < -0.4 is 0 Å². The Morgan fingerprint density at radius 1 is 1.00 bits per heavy atom. The van der Waals surface area contributed by atoms with E-state index in [0.29, 0.717) is 24.7 Å². The average Bonchev–Trinajstić information content (AvgIpc) is 3.09. The molecule has 6 fully saturated rings. The molecule has 1 saturated heterocycles. The fraction of sp³-hybridized carbons (Fsp3) is 0.955. The van der Waals surface area contributed by atoms with Crippen molar-refractivity contribution in [3.63, 3.8) is 0 Å². The molecule has 0 aromatic heterocycles. The minimum Gasteiger partial charge on any atom is -0.465 e. The van der Waals surface area contributed by atoms with Crippen molar-refractivity contribution in [1.82, 2.24) is 0 Å². The average molecular weight is 344 g/mol. The molecule has 3 nitrogen and oxygen atoms in total. The van der Waals surface area contributed by atoms with Crippen LogP contribution in [-0.2, 0) is 14.3 Å². The zero-order valence-corrected chi connectivity index (χ0v) is 15.8. The maximum atomic E-state index is 12.4. The number of hydrogen-bond donors (Lipinski definition) is 0. The Labute approximate surface area is 151 Å². The summed E-state index contributed by atoms with van der Waals surface area (Å²) >= 11 is 0. The van der Waals surface area contributed by atoms with Gasteiger partial charge in [-0.15, -0.1) is 0 Å². The van der Waals surface area contributed by atoms with Gasteiger partial charge in [-0.2, -0.15) is 0 Å². The van der Waals surface area contributed by atoms with Crippen molar-refractivity contribution < 1.29 is 14.3 Å². The summed E-state index contributed by atoms with van der Waals surface area (Å²) < 4.78 is 11.7. The Bertz CT molecular complexity index is 612. The van der Waals surface area contributed by atoms with E-state index in [1.54, 1.807) is 0 Å². The third kappa shape index (κ3) is 1.89. The topological polar surface area (TPSA) is 38.8 Å². The minimum absolute atomic E-state index is 0.00680. The highest BCUT2D eigenvalue weighted by Crippen LogP contribution is 2.75. The van der Waals surface area contributed by atoms with Crippen LogP contribution in [-0.4, -0.2) is 24.8 Å². The van der Waals surface area contributed by atoms with Gasteiger partial charge in [-0.3, -0.25) is 4.79 Å². The third-order valence-electron chi connectivity index (χ3n) is 9.71. The molecule has 0 aromatic carbocycles. The molecule has 25 heavy (non-hydrogen) atoms. The number of fused-ring (bicyclic) bond motifs is 14. The Morgan fingerprint density at radius 2 is 1.80 bits per heavy atom. The zero-order valence-electron chi connectivity index (χ0n) is 15.8. The molecule has 11 atom stereocenters. The summed E-state index contributed by atoms with van der Waals surface area (Å²) in [5.41, 5.74) is -0.331. The molecule has 0 spiro atoms. The second-order valence-corrected chi connectivity index (χ2v) is 10.8. The van der Waals surface area contributed by atoms with E-state index in [4.69, 9.17) is 9.47 Å². The first-order chi connectivity index (χ1) is 12.0. The lowest BCUT2D eigenvalue weighted by Gasteiger charge is -2.43. The molecule has 0 radical (unpaired) electrons. The van der Waals surface area contributed by atoms with Crippen molar-refractivity contribution >= 4 is 5.97 Å². The van der Waals surface area contributed by atoms with Gasteiger partial charge in [-0.1, -0.05) is 6.92 Å². The summed E-state index contributed by atoms with van der Waals surface area (Å²) in [7, 11) is 0. The molecule has 3 heteroatoms. The number of ether oxygens (including phenoxy) is 2. The molecule has 0 aromatic rings. The Balaban J connectivity index is 1.16. The largest absolute Gasteiger partial charge is 0.465 e. The third-order valence-corrected chi connectivity index (χ3v) is 9.71. The van der Waals surface area contributed by atoms with Crippen molar-refractivity contribution in [3.8, 4) is 0 Å². The van der Waals surface area contributed by atoms with Crippen molar-refractivity contribution in [2.45, 2.75) is 65.1 Å². The monoisotopic (exact) mass is 344 g/mol. The summed E-state index contributed by atoms with van der Waals surface area (Å²) in [5.74, 6) is 8.25. The van der Waals surface area contributed by atoms with Crippen LogP contribution in [0.4, 0.5) is 0 Å². The van der Waals surface area contributed by atoms with Crippen LogP contribution >= 0.6 is 0 Å². The fourth-order valence-electron chi connectivity index (χ4n) is 8.42. The lowest BCUT2D eigenvalue weighted by atomic mass is 9.62. The molecular formula is C22H32O3. The second-order valence-electron chi connectivity index (χ2n) is 10.8. The van der Waals surface area contributed by atoms with Crippen LogP contribution in [0.5, 0.6) is 0 Å². The fourth-order valence-corrected chi connectivity index (χ4v) is 8.42. The van der Waals surface area contributed by atoms with Gasteiger partial charge in [-0.05, 0) is 99.2 Å². The van der Waals surface area contributed by atoms with Crippen molar-refractivity contribution in [1.29, 1.82) is 0 Å². The minimum atomic E-state index is -0.331. The van der Waals surface area contributed by atoms with Gasteiger partial charge >= 0.3 is 5.97 Å². The maximum Gasteiger partial charge on any atom is 0.311 e. The van der Waals surface area contributed by atoms with Crippen LogP contribution in [0, 0.1) is 58.7 Å². The summed E-state index contributed by atoms with van der Waals surface area (Å²) in [6, 6.07) is 0. The van der Waals surface area contributed by atoms with Gasteiger partial charge in [0.2, 0.25) is 0 Å². The predicted molar refractivity (Wildman–Crippen MR) is 93.6 cm³/mol. The Hall–Kier alpha value is -0.570. The van der Waals surface area contributed by atoms with Gasteiger partial charge in [0.1, 0.15) is 0 Å². The zero-order chi connectivity index (χ0) is 17.1. The van der Waals surface area contributed by atoms with E-state index in [9.17, 15) is 4.79 Å². The number of carbonyl (C=O) groups excluding carboxylic acids is 1. The molecule has 1 heterocycles. The molecular weight excluding hydrogens is 312 g/mol. The standard InChI is InChI=1S/C22H32O3/c1-4-22(2,3)21(23)24-9-11-5-10-6-12(11)18-15-7-13(17(10)18)14-8-16-20(25-16)19(14)15/h10-20H,4-9H2,1-3H3. The quantitative estimate of drug-likeness (QED) is 0.441. The van der Waals surface area contributed by atoms with Gasteiger partial charge in [0.15, 0.2) is 0 Å². The first-order valence-corrected chi connectivity index (χ1v) is 10.8.